The number of methoxy groups -OCH3 is 1. The van der Waals surface area contributed by atoms with Crippen LogP contribution in [-0.4, -0.2) is 47.8 Å². The predicted octanol–water partition coefficient (Wildman–Crippen LogP) is 0.505. The van der Waals surface area contributed by atoms with Gasteiger partial charge in [0.05, 0.1) is 18.7 Å². The largest absolute Gasteiger partial charge is 0.390 e. The molecular formula is C11H14BrNO3. The Kier molecular flexibility index (Phi) is 4.54. The average molecular weight is 288 g/mol. The van der Waals surface area contributed by atoms with Crippen molar-refractivity contribution in [2.45, 2.75) is 24.7 Å². The van der Waals surface area contributed by atoms with Gasteiger partial charge in [0.15, 0.2) is 6.10 Å². The molecule has 16 heavy (non-hydrogen) atoms. The molecule has 5 heteroatoms. The van der Waals surface area contributed by atoms with E-state index in [-0.39, 0.29) is 18.5 Å². The minimum Gasteiger partial charge on any atom is -0.390 e. The van der Waals surface area contributed by atoms with E-state index in [4.69, 9.17) is 11.2 Å². The maximum atomic E-state index is 11.5. The molecule has 0 aromatic rings. The fourth-order valence-electron chi connectivity index (χ4n) is 1.82. The lowest BCUT2D eigenvalue weighted by Crippen LogP contribution is -2.69. The van der Waals surface area contributed by atoms with Crippen LogP contribution in [0, 0.1) is 12.3 Å². The number of ether oxygens (including phenoxy) is 1. The van der Waals surface area contributed by atoms with Crippen molar-refractivity contribution in [2.24, 2.45) is 0 Å². The minimum atomic E-state index is -0.720. The molecule has 0 spiro atoms. The highest BCUT2D eigenvalue weighted by molar-refractivity contribution is 9.11. The highest BCUT2D eigenvalue weighted by Crippen LogP contribution is 2.28. The van der Waals surface area contributed by atoms with Gasteiger partial charge in [-0.05, 0) is 4.48 Å². The first-order valence-electron chi connectivity index (χ1n) is 4.81. The number of aliphatic hydroxyl groups excluding tert-OH is 1. The molecule has 1 saturated heterocycles. The summed E-state index contributed by atoms with van der Waals surface area (Å²) in [6.45, 7) is 3.84. The van der Waals surface area contributed by atoms with Crippen LogP contribution in [0.2, 0.25) is 0 Å². The van der Waals surface area contributed by atoms with E-state index in [1.807, 2.05) is 0 Å². The topological polar surface area (TPSA) is 49.8 Å². The zero-order chi connectivity index (χ0) is 12.3. The number of amides is 1. The summed E-state index contributed by atoms with van der Waals surface area (Å²) in [5.74, 6) is 2.21. The van der Waals surface area contributed by atoms with E-state index >= 15 is 0 Å². The second-order valence-electron chi connectivity index (χ2n) is 3.61. The molecule has 0 aliphatic carbocycles. The molecule has 1 N–H and O–H groups in total. The van der Waals surface area contributed by atoms with Crippen LogP contribution in [0.25, 0.3) is 0 Å². The monoisotopic (exact) mass is 287 g/mol. The summed E-state index contributed by atoms with van der Waals surface area (Å²) in [6.07, 6.45) is 4.20. The van der Waals surface area contributed by atoms with Gasteiger partial charge in [0.2, 0.25) is 0 Å². The Morgan fingerprint density at radius 3 is 2.94 bits per heavy atom. The molecule has 0 radical (unpaired) electrons. The van der Waals surface area contributed by atoms with Gasteiger partial charge in [0.25, 0.3) is 5.91 Å². The average Bonchev–Trinajstić information content (AvgIpc) is 2.20. The molecule has 4 nitrogen and oxygen atoms in total. The van der Waals surface area contributed by atoms with Gasteiger partial charge in [-0.3, -0.25) is 4.79 Å². The van der Waals surface area contributed by atoms with E-state index in [9.17, 15) is 9.90 Å². The maximum Gasteiger partial charge on any atom is 0.255 e. The standard InChI is InChI=1S/C11H14BrNO3/c1-4-5-13-9(8(14)6-7(2)12)10(16-3)11(13)15/h1,8-10,14H,2,5-6H2,3H3/t8-,9+,10-/m1/s1. The van der Waals surface area contributed by atoms with Crippen molar-refractivity contribution in [1.82, 2.24) is 4.90 Å². The van der Waals surface area contributed by atoms with Crippen LogP contribution in [0.3, 0.4) is 0 Å². The number of nitrogens with zero attached hydrogens (tertiary/aromatic N) is 1. The highest BCUT2D eigenvalue weighted by Gasteiger charge is 2.50. The summed E-state index contributed by atoms with van der Waals surface area (Å²) in [7, 11) is 1.44. The van der Waals surface area contributed by atoms with E-state index in [1.165, 1.54) is 12.0 Å². The summed E-state index contributed by atoms with van der Waals surface area (Å²) < 4.78 is 5.70. The molecular weight excluding hydrogens is 274 g/mol. The van der Waals surface area contributed by atoms with Crippen LogP contribution >= 0.6 is 15.9 Å². The van der Waals surface area contributed by atoms with Crippen molar-refractivity contribution in [3.63, 3.8) is 0 Å². The van der Waals surface area contributed by atoms with E-state index in [0.717, 1.165) is 0 Å². The van der Waals surface area contributed by atoms with Crippen molar-refractivity contribution >= 4 is 21.8 Å². The number of aliphatic hydroxyl groups is 1. The minimum absolute atomic E-state index is 0.176. The van der Waals surface area contributed by atoms with Crippen molar-refractivity contribution < 1.29 is 14.6 Å². The SMILES string of the molecule is C#CCN1C(=O)[C@H](OC)[C@@H]1[C@H](O)CC(=C)Br. The summed E-state index contributed by atoms with van der Waals surface area (Å²) in [5.41, 5.74) is 0. The van der Waals surface area contributed by atoms with Crippen LogP contribution in [-0.2, 0) is 9.53 Å². The van der Waals surface area contributed by atoms with Gasteiger partial charge >= 0.3 is 0 Å². The Bertz CT molecular complexity index is 337. The fraction of sp³-hybridized carbons (Fsp3) is 0.545. The lowest BCUT2D eigenvalue weighted by molar-refractivity contribution is -0.178. The number of terminal acetylenes is 1. The van der Waals surface area contributed by atoms with Crippen LogP contribution in [0.5, 0.6) is 0 Å². The predicted molar refractivity (Wildman–Crippen MR) is 63.8 cm³/mol. The molecule has 0 aromatic heterocycles. The van der Waals surface area contributed by atoms with Gasteiger partial charge in [-0.1, -0.05) is 28.4 Å². The molecule has 1 fully saturated rings. The van der Waals surface area contributed by atoms with Crippen molar-refractivity contribution in [3.05, 3.63) is 11.1 Å². The molecule has 3 atom stereocenters. The van der Waals surface area contributed by atoms with E-state index < -0.39 is 12.2 Å². The molecule has 1 heterocycles. The number of halogens is 1. The van der Waals surface area contributed by atoms with Crippen LogP contribution in [0.4, 0.5) is 0 Å². The van der Waals surface area contributed by atoms with E-state index in [0.29, 0.717) is 10.9 Å². The van der Waals surface area contributed by atoms with Gasteiger partial charge in [-0.15, -0.1) is 6.42 Å². The first kappa shape index (κ1) is 13.2. The highest BCUT2D eigenvalue weighted by atomic mass is 79.9. The second kappa shape index (κ2) is 5.48. The number of likely N-dealkylation sites (tertiary alicyclic amines) is 1. The van der Waals surface area contributed by atoms with Crippen molar-refractivity contribution in [2.75, 3.05) is 13.7 Å². The van der Waals surface area contributed by atoms with Gasteiger partial charge in [-0.2, -0.15) is 0 Å². The van der Waals surface area contributed by atoms with E-state index in [2.05, 4.69) is 28.4 Å². The van der Waals surface area contributed by atoms with Gasteiger partial charge < -0.3 is 14.7 Å². The number of β-lactam (4-membered cyclic amide) rings is 1. The third-order valence-electron chi connectivity index (χ3n) is 2.54. The third-order valence-corrected chi connectivity index (χ3v) is 2.86. The summed E-state index contributed by atoms with van der Waals surface area (Å²) in [5, 5.41) is 9.92. The normalized spacial score (nSPS) is 25.9. The number of hydrogen-bond acceptors (Lipinski definition) is 3. The summed E-state index contributed by atoms with van der Waals surface area (Å²) in [6, 6.07) is -0.386. The number of hydrogen-bond donors (Lipinski definition) is 1. The molecule has 0 bridgehead atoms. The van der Waals surface area contributed by atoms with Gasteiger partial charge in [-0.25, -0.2) is 0 Å². The van der Waals surface area contributed by atoms with E-state index in [1.54, 1.807) is 0 Å². The molecule has 1 amide bonds. The Morgan fingerprint density at radius 1 is 1.88 bits per heavy atom. The first-order valence-corrected chi connectivity index (χ1v) is 5.60. The maximum absolute atomic E-state index is 11.5. The molecule has 0 unspecified atom stereocenters. The Labute approximate surface area is 103 Å². The number of carbonyl (C=O) groups is 1. The lowest BCUT2D eigenvalue weighted by atomic mass is 9.91. The molecule has 1 rings (SSSR count). The summed E-state index contributed by atoms with van der Waals surface area (Å²) >= 11 is 3.17. The fourth-order valence-corrected chi connectivity index (χ4v) is 2.15. The first-order chi connectivity index (χ1) is 7.52. The number of rotatable bonds is 5. The molecule has 1 aliphatic rings. The molecule has 0 saturated carbocycles. The second-order valence-corrected chi connectivity index (χ2v) is 4.73. The quantitative estimate of drug-likeness (QED) is 0.592. The Balaban J connectivity index is 2.70. The van der Waals surface area contributed by atoms with Crippen molar-refractivity contribution in [3.8, 4) is 12.3 Å². The molecule has 88 valence electrons. The third kappa shape index (κ3) is 2.46. The van der Waals surface area contributed by atoms with Crippen LogP contribution < -0.4 is 0 Å². The lowest BCUT2D eigenvalue weighted by Gasteiger charge is -2.47. The van der Waals surface area contributed by atoms with Crippen LogP contribution in [0.15, 0.2) is 11.1 Å². The Hall–Kier alpha value is -0.830. The summed E-state index contributed by atoms with van der Waals surface area (Å²) in [4.78, 5) is 13.0. The molecule has 1 aliphatic heterocycles. The smallest absolute Gasteiger partial charge is 0.255 e. The zero-order valence-corrected chi connectivity index (χ0v) is 10.6. The van der Waals surface area contributed by atoms with Crippen LogP contribution in [0.1, 0.15) is 6.42 Å². The zero-order valence-electron chi connectivity index (χ0n) is 9.02. The van der Waals surface area contributed by atoms with Gasteiger partial charge in [0.1, 0.15) is 0 Å². The molecule has 0 aromatic carbocycles. The van der Waals surface area contributed by atoms with Crippen molar-refractivity contribution in [1.29, 1.82) is 0 Å². The number of carbonyl (C=O) groups excluding carboxylic acids is 1. The Morgan fingerprint density at radius 2 is 2.50 bits per heavy atom. The van der Waals surface area contributed by atoms with Gasteiger partial charge in [0, 0.05) is 13.5 Å².